The first-order chi connectivity index (χ1) is 11.4. The minimum Gasteiger partial charge on any atom is -0.489 e. The van der Waals surface area contributed by atoms with Gasteiger partial charge in [-0.1, -0.05) is 11.6 Å². The Morgan fingerprint density at radius 1 is 1.36 bits per heavy atom. The molecule has 6 nitrogen and oxygen atoms in total. The molecule has 0 saturated carbocycles. The molecule has 2 unspecified atom stereocenters. The van der Waals surface area contributed by atoms with E-state index in [1.54, 1.807) is 19.2 Å². The molecular formula is C16H25ClIN3O3S. The van der Waals surface area contributed by atoms with Crippen molar-refractivity contribution in [1.82, 2.24) is 10.6 Å². The van der Waals surface area contributed by atoms with E-state index in [-0.39, 0.29) is 47.5 Å². The standard InChI is InChI=1S/C16H24ClN3O3S.HI/c1-12(23-15-5-3-14(17)4-6-15)9-19-16(18-2)20-10-13-7-8-24(21,22)11-13;/h3-6,12-13H,7-11H2,1-2H3,(H2,18,19,20);1H. The molecule has 142 valence electrons. The number of benzene rings is 1. The van der Waals surface area contributed by atoms with Crippen molar-refractivity contribution in [3.8, 4) is 5.75 Å². The molecule has 0 amide bonds. The van der Waals surface area contributed by atoms with Gasteiger partial charge in [-0.2, -0.15) is 0 Å². The summed E-state index contributed by atoms with van der Waals surface area (Å²) in [6.07, 6.45) is 0.652. The minimum atomic E-state index is -2.84. The molecule has 1 aliphatic heterocycles. The second-order valence-electron chi connectivity index (χ2n) is 5.99. The van der Waals surface area contributed by atoms with E-state index in [1.807, 2.05) is 19.1 Å². The van der Waals surface area contributed by atoms with Gasteiger partial charge < -0.3 is 15.4 Å². The minimum absolute atomic E-state index is 0. The molecule has 2 N–H and O–H groups in total. The fourth-order valence-electron chi connectivity index (χ4n) is 2.52. The van der Waals surface area contributed by atoms with Crippen LogP contribution in [-0.2, 0) is 9.84 Å². The average molecular weight is 502 g/mol. The number of sulfone groups is 1. The van der Waals surface area contributed by atoms with Gasteiger partial charge in [0.15, 0.2) is 15.8 Å². The van der Waals surface area contributed by atoms with Gasteiger partial charge in [-0.3, -0.25) is 4.99 Å². The lowest BCUT2D eigenvalue weighted by Gasteiger charge is -2.18. The average Bonchev–Trinajstić information content (AvgIpc) is 2.89. The number of aliphatic imine (C=N–C) groups is 1. The zero-order valence-corrected chi connectivity index (χ0v) is 18.3. The van der Waals surface area contributed by atoms with Crippen LogP contribution in [0.15, 0.2) is 29.3 Å². The molecule has 0 aliphatic carbocycles. The van der Waals surface area contributed by atoms with E-state index < -0.39 is 9.84 Å². The van der Waals surface area contributed by atoms with Crippen molar-refractivity contribution in [2.24, 2.45) is 10.9 Å². The van der Waals surface area contributed by atoms with Crippen LogP contribution < -0.4 is 15.4 Å². The van der Waals surface area contributed by atoms with Gasteiger partial charge >= 0.3 is 0 Å². The van der Waals surface area contributed by atoms with Crippen LogP contribution in [-0.4, -0.2) is 52.1 Å². The van der Waals surface area contributed by atoms with Crippen LogP contribution in [0.3, 0.4) is 0 Å². The first-order valence-corrected chi connectivity index (χ1v) is 10.1. The molecule has 25 heavy (non-hydrogen) atoms. The van der Waals surface area contributed by atoms with Crippen molar-refractivity contribution in [2.75, 3.05) is 31.6 Å². The number of rotatable bonds is 6. The summed E-state index contributed by atoms with van der Waals surface area (Å²) < 4.78 is 28.7. The quantitative estimate of drug-likeness (QED) is 0.355. The molecular weight excluding hydrogens is 477 g/mol. The summed E-state index contributed by atoms with van der Waals surface area (Å²) in [5.74, 6) is 2.10. The van der Waals surface area contributed by atoms with Crippen LogP contribution in [0, 0.1) is 5.92 Å². The van der Waals surface area contributed by atoms with Crippen LogP contribution in [0.1, 0.15) is 13.3 Å². The van der Waals surface area contributed by atoms with Crippen LogP contribution >= 0.6 is 35.6 Å². The maximum atomic E-state index is 11.5. The molecule has 1 heterocycles. The third kappa shape index (κ3) is 8.00. The van der Waals surface area contributed by atoms with Crippen molar-refractivity contribution >= 4 is 51.4 Å². The van der Waals surface area contributed by atoms with E-state index in [0.717, 1.165) is 5.75 Å². The number of nitrogens with one attached hydrogen (secondary N) is 2. The van der Waals surface area contributed by atoms with E-state index in [9.17, 15) is 8.42 Å². The van der Waals surface area contributed by atoms with E-state index in [2.05, 4.69) is 15.6 Å². The van der Waals surface area contributed by atoms with E-state index in [4.69, 9.17) is 16.3 Å². The highest BCUT2D eigenvalue weighted by molar-refractivity contribution is 14.0. The Morgan fingerprint density at radius 3 is 2.60 bits per heavy atom. The molecule has 2 atom stereocenters. The Labute approximate surface area is 171 Å². The second-order valence-corrected chi connectivity index (χ2v) is 8.65. The topological polar surface area (TPSA) is 79.8 Å². The summed E-state index contributed by atoms with van der Waals surface area (Å²) in [5, 5.41) is 7.03. The highest BCUT2D eigenvalue weighted by atomic mass is 127. The lowest BCUT2D eigenvalue weighted by Crippen LogP contribution is -2.43. The fraction of sp³-hybridized carbons (Fsp3) is 0.562. The van der Waals surface area contributed by atoms with Crippen LogP contribution in [0.4, 0.5) is 0 Å². The first kappa shape index (κ1) is 22.3. The van der Waals surface area contributed by atoms with Gasteiger partial charge in [-0.05, 0) is 43.5 Å². The predicted molar refractivity (Wildman–Crippen MR) is 113 cm³/mol. The number of halogens is 2. The van der Waals surface area contributed by atoms with Crippen molar-refractivity contribution in [2.45, 2.75) is 19.4 Å². The zero-order chi connectivity index (χ0) is 17.6. The number of nitrogens with zero attached hydrogens (tertiary/aromatic N) is 1. The summed E-state index contributed by atoms with van der Waals surface area (Å²) in [6, 6.07) is 7.22. The Morgan fingerprint density at radius 2 is 2.04 bits per heavy atom. The number of ether oxygens (including phenoxy) is 1. The Bertz CT molecular complexity index is 668. The van der Waals surface area contributed by atoms with Crippen LogP contribution in [0.2, 0.25) is 5.02 Å². The highest BCUT2D eigenvalue weighted by Crippen LogP contribution is 2.17. The maximum absolute atomic E-state index is 11.5. The molecule has 0 bridgehead atoms. The Kier molecular flexibility index (Phi) is 9.29. The SMILES string of the molecule is CN=C(NCC1CCS(=O)(=O)C1)NCC(C)Oc1ccc(Cl)cc1.I. The summed E-state index contributed by atoms with van der Waals surface area (Å²) in [7, 11) is -1.16. The summed E-state index contributed by atoms with van der Waals surface area (Å²) in [5.41, 5.74) is 0. The third-order valence-corrected chi connectivity index (χ3v) is 5.91. The molecule has 0 spiro atoms. The first-order valence-electron chi connectivity index (χ1n) is 7.95. The molecule has 1 aliphatic rings. The zero-order valence-electron chi connectivity index (χ0n) is 14.4. The van der Waals surface area contributed by atoms with E-state index in [0.29, 0.717) is 30.5 Å². The monoisotopic (exact) mass is 501 g/mol. The molecule has 1 saturated heterocycles. The summed E-state index contributed by atoms with van der Waals surface area (Å²) in [4.78, 5) is 4.15. The lowest BCUT2D eigenvalue weighted by atomic mass is 10.1. The summed E-state index contributed by atoms with van der Waals surface area (Å²) in [6.45, 7) is 3.13. The largest absolute Gasteiger partial charge is 0.489 e. The Balaban J connectivity index is 0.00000312. The van der Waals surface area contributed by atoms with Crippen molar-refractivity contribution < 1.29 is 13.2 Å². The molecule has 1 aromatic rings. The maximum Gasteiger partial charge on any atom is 0.191 e. The van der Waals surface area contributed by atoms with Crippen molar-refractivity contribution in [3.05, 3.63) is 29.3 Å². The van der Waals surface area contributed by atoms with Gasteiger partial charge in [0.05, 0.1) is 18.1 Å². The smallest absolute Gasteiger partial charge is 0.191 e. The van der Waals surface area contributed by atoms with Gasteiger partial charge in [0.2, 0.25) is 0 Å². The molecule has 1 aromatic carbocycles. The number of hydrogen-bond acceptors (Lipinski definition) is 4. The second kappa shape index (κ2) is 10.4. The normalized spacial score (nSPS) is 20.4. The van der Waals surface area contributed by atoms with E-state index in [1.165, 1.54) is 0 Å². The van der Waals surface area contributed by atoms with Gasteiger partial charge in [-0.15, -0.1) is 24.0 Å². The highest BCUT2D eigenvalue weighted by Gasteiger charge is 2.27. The van der Waals surface area contributed by atoms with Crippen molar-refractivity contribution in [1.29, 1.82) is 0 Å². The molecule has 0 radical (unpaired) electrons. The van der Waals surface area contributed by atoms with Gasteiger partial charge in [0, 0.05) is 18.6 Å². The summed E-state index contributed by atoms with van der Waals surface area (Å²) >= 11 is 5.85. The van der Waals surface area contributed by atoms with Gasteiger partial charge in [0.1, 0.15) is 11.9 Å². The number of guanidine groups is 1. The van der Waals surface area contributed by atoms with Gasteiger partial charge in [-0.25, -0.2) is 8.42 Å². The predicted octanol–water partition coefficient (Wildman–Crippen LogP) is 2.33. The molecule has 2 rings (SSSR count). The Hall–Kier alpha value is -0.740. The van der Waals surface area contributed by atoms with Gasteiger partial charge in [0.25, 0.3) is 0 Å². The third-order valence-electron chi connectivity index (χ3n) is 3.82. The van der Waals surface area contributed by atoms with Crippen LogP contribution in [0.5, 0.6) is 5.75 Å². The molecule has 1 fully saturated rings. The number of hydrogen-bond donors (Lipinski definition) is 2. The lowest BCUT2D eigenvalue weighted by molar-refractivity contribution is 0.224. The van der Waals surface area contributed by atoms with Crippen LogP contribution in [0.25, 0.3) is 0 Å². The fourth-order valence-corrected chi connectivity index (χ4v) is 4.51. The molecule has 0 aromatic heterocycles. The molecule has 9 heteroatoms. The van der Waals surface area contributed by atoms with E-state index >= 15 is 0 Å². The van der Waals surface area contributed by atoms with Crippen molar-refractivity contribution in [3.63, 3.8) is 0 Å².